The van der Waals surface area contributed by atoms with E-state index in [1.165, 1.54) is 0 Å². The van der Waals surface area contributed by atoms with Gasteiger partial charge in [0.2, 0.25) is 0 Å². The summed E-state index contributed by atoms with van der Waals surface area (Å²) in [7, 11) is 0. The van der Waals surface area contributed by atoms with Gasteiger partial charge in [0.25, 0.3) is 0 Å². The van der Waals surface area contributed by atoms with Crippen LogP contribution in [0.15, 0.2) is 30.3 Å². The lowest BCUT2D eigenvalue weighted by atomic mass is 9.92. The average Bonchev–Trinajstić information content (AvgIpc) is 2.40. The lowest BCUT2D eigenvalue weighted by Crippen LogP contribution is -2.39. The molecule has 0 spiro atoms. The van der Waals surface area contributed by atoms with E-state index in [1.807, 2.05) is 51.1 Å². The van der Waals surface area contributed by atoms with E-state index in [0.717, 1.165) is 18.5 Å². The molecule has 0 aliphatic heterocycles. The van der Waals surface area contributed by atoms with E-state index >= 15 is 0 Å². The monoisotopic (exact) mass is 320 g/mol. The number of rotatable bonds is 6. The molecule has 4 heteroatoms. The van der Waals surface area contributed by atoms with Crippen molar-refractivity contribution in [2.24, 2.45) is 5.41 Å². The highest BCUT2D eigenvalue weighted by molar-refractivity contribution is 5.68. The number of carbonyl (C=O) groups is 1. The minimum absolute atomic E-state index is 0.106. The van der Waals surface area contributed by atoms with Gasteiger partial charge in [-0.1, -0.05) is 51.1 Å². The second kappa shape index (κ2) is 8.34. The Hall–Kier alpha value is -1.55. The first-order valence-electron chi connectivity index (χ1n) is 8.32. The predicted molar refractivity (Wildman–Crippen MR) is 95.5 cm³/mol. The lowest BCUT2D eigenvalue weighted by Gasteiger charge is -2.25. The van der Waals surface area contributed by atoms with Crippen molar-refractivity contribution in [3.05, 3.63) is 35.9 Å². The Kier molecular flexibility index (Phi) is 7.07. The van der Waals surface area contributed by atoms with Crippen molar-refractivity contribution in [1.29, 1.82) is 0 Å². The second-order valence-corrected chi connectivity index (χ2v) is 8.12. The summed E-state index contributed by atoms with van der Waals surface area (Å²) in [5.41, 5.74) is 0.875. The van der Waals surface area contributed by atoms with Crippen LogP contribution < -0.4 is 10.6 Å². The van der Waals surface area contributed by atoms with Gasteiger partial charge in [0, 0.05) is 6.54 Å². The zero-order valence-corrected chi connectivity index (χ0v) is 15.4. The molecule has 0 saturated carbocycles. The first-order chi connectivity index (χ1) is 10.6. The van der Waals surface area contributed by atoms with E-state index in [9.17, 15) is 4.79 Å². The molecule has 1 atom stereocenters. The topological polar surface area (TPSA) is 50.4 Å². The minimum atomic E-state index is -0.495. The van der Waals surface area contributed by atoms with Gasteiger partial charge in [-0.3, -0.25) is 0 Å². The largest absolute Gasteiger partial charge is 0.444 e. The molecule has 4 nitrogen and oxygen atoms in total. The summed E-state index contributed by atoms with van der Waals surface area (Å²) in [6.07, 6.45) is 0.699. The van der Waals surface area contributed by atoms with E-state index < -0.39 is 5.60 Å². The van der Waals surface area contributed by atoms with Gasteiger partial charge in [-0.05, 0) is 44.7 Å². The first kappa shape index (κ1) is 19.5. The van der Waals surface area contributed by atoms with Crippen LogP contribution in [0.3, 0.4) is 0 Å². The highest BCUT2D eigenvalue weighted by atomic mass is 16.6. The predicted octanol–water partition coefficient (Wildman–Crippen LogP) is 4.28. The van der Waals surface area contributed by atoms with Crippen LogP contribution in [0.4, 0.5) is 4.79 Å². The third kappa shape index (κ3) is 9.24. The van der Waals surface area contributed by atoms with Crippen molar-refractivity contribution < 1.29 is 9.53 Å². The van der Waals surface area contributed by atoms with E-state index in [-0.39, 0.29) is 12.1 Å². The highest BCUT2D eigenvalue weighted by Crippen LogP contribution is 2.18. The Morgan fingerprint density at radius 2 is 1.70 bits per heavy atom. The molecule has 1 amide bonds. The fourth-order valence-electron chi connectivity index (χ4n) is 2.10. The molecule has 0 fully saturated rings. The molecule has 0 radical (unpaired) electrons. The Bertz CT molecular complexity index is 472. The smallest absolute Gasteiger partial charge is 0.408 e. The van der Waals surface area contributed by atoms with Crippen molar-refractivity contribution >= 4 is 6.09 Å². The normalized spacial score (nSPS) is 13.5. The molecule has 130 valence electrons. The number of hydrogen-bond acceptors (Lipinski definition) is 3. The van der Waals surface area contributed by atoms with Crippen molar-refractivity contribution in [3.63, 3.8) is 0 Å². The molecule has 0 heterocycles. The van der Waals surface area contributed by atoms with Gasteiger partial charge in [-0.25, -0.2) is 4.79 Å². The van der Waals surface area contributed by atoms with Crippen LogP contribution in [0.2, 0.25) is 0 Å². The van der Waals surface area contributed by atoms with Crippen LogP contribution in [-0.4, -0.2) is 24.8 Å². The molecule has 23 heavy (non-hydrogen) atoms. The summed E-state index contributed by atoms with van der Waals surface area (Å²) in [5.74, 6) is 0. The fraction of sp³-hybridized carbons (Fsp3) is 0.632. The summed E-state index contributed by atoms with van der Waals surface area (Å²) in [5, 5.41) is 6.40. The first-order valence-corrected chi connectivity index (χ1v) is 8.32. The van der Waals surface area contributed by atoms with Crippen LogP contribution in [0.5, 0.6) is 0 Å². The van der Waals surface area contributed by atoms with Crippen molar-refractivity contribution in [1.82, 2.24) is 10.6 Å². The summed E-state index contributed by atoms with van der Waals surface area (Å²) in [4.78, 5) is 12.1. The number of amides is 1. The standard InChI is InChI=1S/C19H32N2O2/c1-18(2,3)12-13-20-14-16(15-10-8-7-9-11-15)21-17(22)23-19(4,5)6/h7-11,16,20H,12-14H2,1-6H3,(H,21,22). The van der Waals surface area contributed by atoms with Crippen molar-refractivity contribution in [3.8, 4) is 0 Å². The second-order valence-electron chi connectivity index (χ2n) is 8.12. The zero-order valence-electron chi connectivity index (χ0n) is 15.4. The molecule has 1 aromatic carbocycles. The lowest BCUT2D eigenvalue weighted by molar-refractivity contribution is 0.0503. The summed E-state index contributed by atoms with van der Waals surface area (Å²) >= 11 is 0. The number of alkyl carbamates (subject to hydrolysis) is 1. The van der Waals surface area contributed by atoms with E-state index in [0.29, 0.717) is 12.0 Å². The van der Waals surface area contributed by atoms with E-state index in [1.54, 1.807) is 0 Å². The Morgan fingerprint density at radius 1 is 1.09 bits per heavy atom. The zero-order chi connectivity index (χ0) is 17.5. The Labute approximate surface area is 141 Å². The van der Waals surface area contributed by atoms with Crippen LogP contribution >= 0.6 is 0 Å². The highest BCUT2D eigenvalue weighted by Gasteiger charge is 2.20. The minimum Gasteiger partial charge on any atom is -0.444 e. The van der Waals surface area contributed by atoms with Crippen LogP contribution in [-0.2, 0) is 4.74 Å². The molecular formula is C19H32N2O2. The maximum absolute atomic E-state index is 12.1. The van der Waals surface area contributed by atoms with Gasteiger partial charge < -0.3 is 15.4 Å². The number of carbonyl (C=O) groups excluding carboxylic acids is 1. The Morgan fingerprint density at radius 3 is 2.22 bits per heavy atom. The Balaban J connectivity index is 2.62. The molecule has 0 bridgehead atoms. The van der Waals surface area contributed by atoms with Gasteiger partial charge >= 0.3 is 6.09 Å². The number of benzene rings is 1. The molecule has 0 saturated heterocycles. The molecule has 0 aliphatic rings. The molecule has 2 N–H and O–H groups in total. The van der Waals surface area contributed by atoms with Crippen LogP contribution in [0, 0.1) is 5.41 Å². The van der Waals surface area contributed by atoms with Gasteiger partial charge in [0.15, 0.2) is 0 Å². The van der Waals surface area contributed by atoms with Crippen LogP contribution in [0.25, 0.3) is 0 Å². The number of nitrogens with one attached hydrogen (secondary N) is 2. The third-order valence-corrected chi connectivity index (χ3v) is 3.29. The van der Waals surface area contributed by atoms with Gasteiger partial charge in [-0.2, -0.15) is 0 Å². The van der Waals surface area contributed by atoms with Gasteiger partial charge in [0.1, 0.15) is 5.60 Å². The average molecular weight is 320 g/mol. The summed E-state index contributed by atoms with van der Waals surface area (Å²) < 4.78 is 5.37. The number of hydrogen-bond donors (Lipinski definition) is 2. The maximum atomic E-state index is 12.1. The third-order valence-electron chi connectivity index (χ3n) is 3.29. The fourth-order valence-corrected chi connectivity index (χ4v) is 2.10. The van der Waals surface area contributed by atoms with Gasteiger partial charge in [-0.15, -0.1) is 0 Å². The molecule has 1 unspecified atom stereocenters. The summed E-state index contributed by atoms with van der Waals surface area (Å²) in [6.45, 7) is 13.9. The van der Waals surface area contributed by atoms with Crippen molar-refractivity contribution in [2.45, 2.75) is 59.6 Å². The SMILES string of the molecule is CC(C)(C)CCNCC(NC(=O)OC(C)(C)C)c1ccccc1. The van der Waals surface area contributed by atoms with E-state index in [4.69, 9.17) is 4.74 Å². The quantitative estimate of drug-likeness (QED) is 0.769. The molecular weight excluding hydrogens is 288 g/mol. The molecule has 0 aromatic heterocycles. The maximum Gasteiger partial charge on any atom is 0.408 e. The number of ether oxygens (including phenoxy) is 1. The molecule has 1 rings (SSSR count). The molecule has 1 aromatic rings. The van der Waals surface area contributed by atoms with Gasteiger partial charge in [0.05, 0.1) is 6.04 Å². The van der Waals surface area contributed by atoms with Crippen LogP contribution in [0.1, 0.15) is 59.6 Å². The summed E-state index contributed by atoms with van der Waals surface area (Å²) in [6, 6.07) is 9.87. The van der Waals surface area contributed by atoms with Crippen molar-refractivity contribution in [2.75, 3.05) is 13.1 Å². The van der Waals surface area contributed by atoms with E-state index in [2.05, 4.69) is 31.4 Å². The molecule has 0 aliphatic carbocycles.